The van der Waals surface area contributed by atoms with E-state index in [4.69, 9.17) is 5.73 Å². The van der Waals surface area contributed by atoms with Crippen LogP contribution < -0.4 is 11.2 Å². The van der Waals surface area contributed by atoms with Crippen molar-refractivity contribution >= 4 is 11.7 Å². The third kappa shape index (κ3) is 4.32. The van der Waals surface area contributed by atoms with Crippen LogP contribution in [0.4, 0.5) is 4.79 Å². The van der Waals surface area contributed by atoms with Crippen molar-refractivity contribution in [2.24, 2.45) is 22.7 Å². The third-order valence-corrected chi connectivity index (χ3v) is 3.11. The van der Waals surface area contributed by atoms with Gasteiger partial charge in [-0.05, 0) is 43.9 Å². The molecule has 1 unspecified atom stereocenters. The number of hydrazone groups is 1. The van der Waals surface area contributed by atoms with Crippen molar-refractivity contribution < 1.29 is 4.79 Å². The molecule has 3 N–H and O–H groups in total. The molecule has 0 saturated heterocycles. The fourth-order valence-electron chi connectivity index (χ4n) is 2.10. The monoisotopic (exact) mass is 211 g/mol. The molecule has 1 saturated carbocycles. The van der Waals surface area contributed by atoms with Crippen molar-refractivity contribution in [1.29, 1.82) is 0 Å². The SMILES string of the molecule is CC(C)C1CCC/C(=N\NC(N)=O)CC1. The summed E-state index contributed by atoms with van der Waals surface area (Å²) in [5, 5.41) is 4.03. The Labute approximate surface area is 91.3 Å². The lowest BCUT2D eigenvalue weighted by Gasteiger charge is -2.17. The van der Waals surface area contributed by atoms with Crippen LogP contribution in [-0.4, -0.2) is 11.7 Å². The first kappa shape index (κ1) is 12.0. The maximum Gasteiger partial charge on any atom is 0.332 e. The van der Waals surface area contributed by atoms with E-state index in [-0.39, 0.29) is 0 Å². The Kier molecular flexibility index (Phi) is 4.59. The predicted octanol–water partition coefficient (Wildman–Crippen LogP) is 2.25. The van der Waals surface area contributed by atoms with Crippen molar-refractivity contribution in [1.82, 2.24) is 5.43 Å². The molecule has 0 aromatic heterocycles. The number of hydrogen-bond donors (Lipinski definition) is 2. The van der Waals surface area contributed by atoms with Crippen molar-refractivity contribution in [3.63, 3.8) is 0 Å². The zero-order valence-corrected chi connectivity index (χ0v) is 9.62. The first-order chi connectivity index (χ1) is 7.09. The standard InChI is InChI=1S/C11H21N3O/c1-8(2)9-4-3-5-10(7-6-9)13-14-11(12)15/h8-9H,3-7H2,1-2H3,(H3,12,14,15)/b13-10+. The lowest BCUT2D eigenvalue weighted by atomic mass is 9.89. The molecule has 1 aliphatic carbocycles. The largest absolute Gasteiger partial charge is 0.350 e. The number of amides is 2. The molecule has 15 heavy (non-hydrogen) atoms. The quantitative estimate of drug-likeness (QED) is 0.534. The lowest BCUT2D eigenvalue weighted by molar-refractivity contribution is 0.249. The van der Waals surface area contributed by atoms with Gasteiger partial charge in [-0.2, -0.15) is 5.10 Å². The first-order valence-electron chi connectivity index (χ1n) is 5.70. The maximum absolute atomic E-state index is 10.5. The highest BCUT2D eigenvalue weighted by molar-refractivity contribution is 5.86. The summed E-state index contributed by atoms with van der Waals surface area (Å²) in [5.41, 5.74) is 8.36. The lowest BCUT2D eigenvalue weighted by Crippen LogP contribution is -2.25. The van der Waals surface area contributed by atoms with Crippen molar-refractivity contribution in [2.45, 2.75) is 46.0 Å². The van der Waals surface area contributed by atoms with Crippen LogP contribution in [0.15, 0.2) is 5.10 Å². The van der Waals surface area contributed by atoms with Gasteiger partial charge in [-0.1, -0.05) is 13.8 Å². The van der Waals surface area contributed by atoms with Crippen LogP contribution in [0.25, 0.3) is 0 Å². The minimum atomic E-state index is -0.577. The zero-order chi connectivity index (χ0) is 11.3. The average molecular weight is 211 g/mol. The molecule has 0 heterocycles. The van der Waals surface area contributed by atoms with Crippen LogP contribution in [0.1, 0.15) is 46.0 Å². The van der Waals surface area contributed by atoms with Gasteiger partial charge in [0.2, 0.25) is 0 Å². The summed E-state index contributed by atoms with van der Waals surface area (Å²) in [6.45, 7) is 4.54. The topological polar surface area (TPSA) is 67.5 Å². The van der Waals surface area contributed by atoms with E-state index < -0.39 is 6.03 Å². The Bertz CT molecular complexity index is 248. The van der Waals surface area contributed by atoms with Crippen molar-refractivity contribution in [2.75, 3.05) is 0 Å². The van der Waals surface area contributed by atoms with Gasteiger partial charge in [-0.15, -0.1) is 0 Å². The second-order valence-corrected chi connectivity index (χ2v) is 4.59. The zero-order valence-electron chi connectivity index (χ0n) is 9.62. The Morgan fingerprint density at radius 3 is 2.80 bits per heavy atom. The molecular formula is C11H21N3O. The Morgan fingerprint density at radius 2 is 2.20 bits per heavy atom. The van der Waals surface area contributed by atoms with Gasteiger partial charge in [-0.3, -0.25) is 0 Å². The minimum Gasteiger partial charge on any atom is -0.350 e. The summed E-state index contributed by atoms with van der Waals surface area (Å²) in [4.78, 5) is 10.5. The molecule has 0 bridgehead atoms. The minimum absolute atomic E-state index is 0.577. The molecule has 86 valence electrons. The molecule has 0 aromatic carbocycles. The Balaban J connectivity index is 2.45. The molecule has 0 spiro atoms. The van der Waals surface area contributed by atoms with E-state index >= 15 is 0 Å². The van der Waals surface area contributed by atoms with Crippen LogP contribution >= 0.6 is 0 Å². The number of carbonyl (C=O) groups excluding carboxylic acids is 1. The summed E-state index contributed by atoms with van der Waals surface area (Å²) in [6, 6.07) is -0.577. The van der Waals surface area contributed by atoms with Gasteiger partial charge in [0.25, 0.3) is 0 Å². The molecule has 2 amide bonds. The first-order valence-corrected chi connectivity index (χ1v) is 5.70. The van der Waals surface area contributed by atoms with Crippen LogP contribution in [0.3, 0.4) is 0 Å². The van der Waals surface area contributed by atoms with E-state index in [9.17, 15) is 4.79 Å². The molecule has 1 aliphatic rings. The summed E-state index contributed by atoms with van der Waals surface area (Å²) < 4.78 is 0. The van der Waals surface area contributed by atoms with Gasteiger partial charge in [0.1, 0.15) is 0 Å². The Hall–Kier alpha value is -1.06. The van der Waals surface area contributed by atoms with E-state index in [1.165, 1.54) is 19.3 Å². The third-order valence-electron chi connectivity index (χ3n) is 3.11. The number of nitrogens with zero attached hydrogens (tertiary/aromatic N) is 1. The van der Waals surface area contributed by atoms with Crippen molar-refractivity contribution in [3.8, 4) is 0 Å². The highest BCUT2D eigenvalue weighted by Crippen LogP contribution is 2.27. The smallest absolute Gasteiger partial charge is 0.332 e. The van der Waals surface area contributed by atoms with E-state index in [0.29, 0.717) is 0 Å². The van der Waals surface area contributed by atoms with Crippen LogP contribution in [0.2, 0.25) is 0 Å². The molecule has 0 aromatic rings. The number of nitrogens with two attached hydrogens (primary N) is 1. The molecule has 1 fully saturated rings. The number of carbonyl (C=O) groups is 1. The fraction of sp³-hybridized carbons (Fsp3) is 0.818. The second kappa shape index (κ2) is 5.73. The summed E-state index contributed by atoms with van der Waals surface area (Å²) in [7, 11) is 0. The highest BCUT2D eigenvalue weighted by Gasteiger charge is 2.18. The molecule has 4 nitrogen and oxygen atoms in total. The summed E-state index contributed by atoms with van der Waals surface area (Å²) in [5.74, 6) is 1.54. The molecular weight excluding hydrogens is 190 g/mol. The van der Waals surface area contributed by atoms with Gasteiger partial charge in [0, 0.05) is 5.71 Å². The van der Waals surface area contributed by atoms with Gasteiger partial charge in [0.05, 0.1) is 0 Å². The highest BCUT2D eigenvalue weighted by atomic mass is 16.2. The van der Waals surface area contributed by atoms with Crippen LogP contribution in [0, 0.1) is 11.8 Å². The number of primary amides is 1. The molecule has 4 heteroatoms. The molecule has 0 radical (unpaired) electrons. The van der Waals surface area contributed by atoms with Crippen molar-refractivity contribution in [3.05, 3.63) is 0 Å². The van der Waals surface area contributed by atoms with Gasteiger partial charge >= 0.3 is 6.03 Å². The van der Waals surface area contributed by atoms with E-state index in [0.717, 1.165) is 30.4 Å². The molecule has 1 atom stereocenters. The fourth-order valence-corrected chi connectivity index (χ4v) is 2.10. The summed E-state index contributed by atoms with van der Waals surface area (Å²) >= 11 is 0. The second-order valence-electron chi connectivity index (χ2n) is 4.59. The molecule has 1 rings (SSSR count). The van der Waals surface area contributed by atoms with E-state index in [1.807, 2.05) is 0 Å². The van der Waals surface area contributed by atoms with Gasteiger partial charge in [0.15, 0.2) is 0 Å². The predicted molar refractivity (Wildman–Crippen MR) is 61.6 cm³/mol. The van der Waals surface area contributed by atoms with Gasteiger partial charge < -0.3 is 5.73 Å². The Morgan fingerprint density at radius 1 is 1.47 bits per heavy atom. The molecule has 0 aliphatic heterocycles. The van der Waals surface area contributed by atoms with Crippen LogP contribution in [-0.2, 0) is 0 Å². The normalized spacial score (nSPS) is 25.3. The number of rotatable bonds is 2. The maximum atomic E-state index is 10.5. The number of hydrogen-bond acceptors (Lipinski definition) is 2. The summed E-state index contributed by atoms with van der Waals surface area (Å²) in [6.07, 6.45) is 5.60. The number of nitrogens with one attached hydrogen (secondary N) is 1. The van der Waals surface area contributed by atoms with E-state index in [2.05, 4.69) is 24.4 Å². The number of urea groups is 1. The average Bonchev–Trinajstić information content (AvgIpc) is 2.39. The van der Waals surface area contributed by atoms with E-state index in [1.54, 1.807) is 0 Å². The van der Waals surface area contributed by atoms with Crippen LogP contribution in [0.5, 0.6) is 0 Å². The van der Waals surface area contributed by atoms with Gasteiger partial charge in [-0.25, -0.2) is 10.2 Å².